The molecule has 5 nitrogen and oxygen atoms in total. The molecule has 0 radical (unpaired) electrons. The molecule has 14 heavy (non-hydrogen) atoms. The molecule has 2 heterocycles. The Morgan fingerprint density at radius 2 is 2.43 bits per heavy atom. The van der Waals surface area contributed by atoms with Crippen molar-refractivity contribution in [1.29, 1.82) is 0 Å². The molecule has 0 unspecified atom stereocenters. The summed E-state index contributed by atoms with van der Waals surface area (Å²) in [7, 11) is 1.32. The molecule has 0 spiro atoms. The number of Topliss-reactive ketones (excluding diaryl/α,β-unsaturated/α-hetero) is 1. The molecule has 1 aromatic rings. The van der Waals surface area contributed by atoms with Crippen molar-refractivity contribution >= 4 is 11.8 Å². The Hall–Kier alpha value is -1.65. The van der Waals surface area contributed by atoms with E-state index in [1.165, 1.54) is 13.3 Å². The number of rotatable bonds is 1. The Morgan fingerprint density at radius 3 is 3.14 bits per heavy atom. The largest absolute Gasteiger partial charge is 0.465 e. The summed E-state index contributed by atoms with van der Waals surface area (Å²) in [6.07, 6.45) is 2.24. The molecule has 0 amide bonds. The van der Waals surface area contributed by atoms with Gasteiger partial charge in [-0.3, -0.25) is 9.48 Å². The fourth-order valence-electron chi connectivity index (χ4n) is 1.58. The van der Waals surface area contributed by atoms with Crippen molar-refractivity contribution in [3.8, 4) is 0 Å². The number of carbonyl (C=O) groups is 2. The van der Waals surface area contributed by atoms with Crippen LogP contribution in [0.4, 0.5) is 0 Å². The first-order chi connectivity index (χ1) is 6.72. The molecule has 1 aliphatic heterocycles. The number of fused-ring (bicyclic) bond motifs is 1. The smallest absolute Gasteiger partial charge is 0.341 e. The maximum atomic E-state index is 11.3. The van der Waals surface area contributed by atoms with Gasteiger partial charge in [0.2, 0.25) is 0 Å². The van der Waals surface area contributed by atoms with Gasteiger partial charge in [-0.1, -0.05) is 0 Å². The van der Waals surface area contributed by atoms with Crippen LogP contribution < -0.4 is 0 Å². The first-order valence-electron chi connectivity index (χ1n) is 4.37. The van der Waals surface area contributed by atoms with Gasteiger partial charge >= 0.3 is 5.97 Å². The molecule has 2 rings (SSSR count). The highest BCUT2D eigenvalue weighted by Crippen LogP contribution is 2.16. The lowest BCUT2D eigenvalue weighted by atomic mass is 10.1. The highest BCUT2D eigenvalue weighted by molar-refractivity contribution is 5.93. The zero-order chi connectivity index (χ0) is 10.1. The summed E-state index contributed by atoms with van der Waals surface area (Å²) in [4.78, 5) is 22.5. The Kier molecular flexibility index (Phi) is 2.07. The summed E-state index contributed by atoms with van der Waals surface area (Å²) in [5.74, 6) is -0.288. The highest BCUT2D eigenvalue weighted by Gasteiger charge is 2.23. The zero-order valence-corrected chi connectivity index (χ0v) is 7.82. The molecule has 0 aromatic carbocycles. The SMILES string of the molecule is COC(=O)c1cnn2c1CC(=O)CC2. The van der Waals surface area contributed by atoms with Crippen molar-refractivity contribution in [2.75, 3.05) is 7.11 Å². The van der Waals surface area contributed by atoms with Crippen LogP contribution >= 0.6 is 0 Å². The van der Waals surface area contributed by atoms with Gasteiger partial charge in [0.15, 0.2) is 0 Å². The third-order valence-electron chi connectivity index (χ3n) is 2.32. The third-order valence-corrected chi connectivity index (χ3v) is 2.32. The standard InChI is InChI=1S/C9H10N2O3/c1-14-9(13)7-5-10-11-3-2-6(12)4-8(7)11/h5H,2-4H2,1H3. The third kappa shape index (κ3) is 1.30. The van der Waals surface area contributed by atoms with Gasteiger partial charge in [0, 0.05) is 19.4 Å². The van der Waals surface area contributed by atoms with Crippen LogP contribution in [0.3, 0.4) is 0 Å². The van der Waals surface area contributed by atoms with E-state index in [1.807, 2.05) is 0 Å². The molecular formula is C9H10N2O3. The minimum Gasteiger partial charge on any atom is -0.465 e. The summed E-state index contributed by atoms with van der Waals surface area (Å²) < 4.78 is 6.28. The molecule has 0 saturated heterocycles. The second-order valence-corrected chi connectivity index (χ2v) is 3.19. The summed E-state index contributed by atoms with van der Waals surface area (Å²) in [5, 5.41) is 4.02. The number of aromatic nitrogens is 2. The van der Waals surface area contributed by atoms with Crippen LogP contribution in [-0.4, -0.2) is 28.6 Å². The number of ketones is 1. The fraction of sp³-hybridized carbons (Fsp3) is 0.444. The second kappa shape index (κ2) is 3.25. The van der Waals surface area contributed by atoms with Gasteiger partial charge < -0.3 is 4.74 Å². The average molecular weight is 194 g/mol. The molecule has 0 saturated carbocycles. The van der Waals surface area contributed by atoms with Crippen LogP contribution in [-0.2, 0) is 22.5 Å². The van der Waals surface area contributed by atoms with Crippen LogP contribution in [0.25, 0.3) is 0 Å². The number of carbonyl (C=O) groups excluding carboxylic acids is 2. The highest BCUT2D eigenvalue weighted by atomic mass is 16.5. The van der Waals surface area contributed by atoms with Gasteiger partial charge in [-0.05, 0) is 0 Å². The Labute approximate surface area is 80.7 Å². The fourth-order valence-corrected chi connectivity index (χ4v) is 1.58. The predicted octanol–water partition coefficient (Wildman–Crippen LogP) is 0.185. The van der Waals surface area contributed by atoms with Crippen LogP contribution in [0.1, 0.15) is 22.5 Å². The summed E-state index contributed by atoms with van der Waals surface area (Å²) in [6, 6.07) is 0. The minimum absolute atomic E-state index is 0.142. The number of hydrogen-bond donors (Lipinski definition) is 0. The van der Waals surface area contributed by atoms with Crippen molar-refractivity contribution in [2.45, 2.75) is 19.4 Å². The number of aryl methyl sites for hydroxylation is 1. The molecule has 1 aliphatic rings. The van der Waals surface area contributed by atoms with Crippen molar-refractivity contribution in [3.63, 3.8) is 0 Å². The Bertz CT molecular complexity index is 395. The molecule has 1 aromatic heterocycles. The van der Waals surface area contributed by atoms with Crippen molar-refractivity contribution in [3.05, 3.63) is 17.5 Å². The first-order valence-corrected chi connectivity index (χ1v) is 4.37. The normalized spacial score (nSPS) is 15.1. The zero-order valence-electron chi connectivity index (χ0n) is 7.82. The Balaban J connectivity index is 2.40. The Morgan fingerprint density at radius 1 is 1.64 bits per heavy atom. The van der Waals surface area contributed by atoms with Crippen LogP contribution in [0.5, 0.6) is 0 Å². The van der Waals surface area contributed by atoms with Crippen LogP contribution in [0.2, 0.25) is 0 Å². The lowest BCUT2D eigenvalue weighted by Gasteiger charge is -2.13. The molecule has 5 heteroatoms. The predicted molar refractivity (Wildman–Crippen MR) is 46.9 cm³/mol. The maximum absolute atomic E-state index is 11.3. The molecule has 74 valence electrons. The van der Waals surface area contributed by atoms with E-state index in [1.54, 1.807) is 4.68 Å². The van der Waals surface area contributed by atoms with Gasteiger partial charge in [-0.25, -0.2) is 4.79 Å². The van der Waals surface area contributed by atoms with E-state index < -0.39 is 5.97 Å². The van der Waals surface area contributed by atoms with Crippen molar-refractivity contribution in [1.82, 2.24) is 9.78 Å². The molecule has 0 aliphatic carbocycles. The van der Waals surface area contributed by atoms with Gasteiger partial charge in [0.25, 0.3) is 0 Å². The maximum Gasteiger partial charge on any atom is 0.341 e. The van der Waals surface area contributed by atoms with Gasteiger partial charge in [-0.15, -0.1) is 0 Å². The van der Waals surface area contributed by atoms with E-state index >= 15 is 0 Å². The summed E-state index contributed by atoms with van der Waals surface area (Å²) >= 11 is 0. The molecule has 0 fully saturated rings. The quantitative estimate of drug-likeness (QED) is 0.598. The van der Waals surface area contributed by atoms with Crippen molar-refractivity contribution in [2.24, 2.45) is 0 Å². The van der Waals surface area contributed by atoms with Crippen molar-refractivity contribution < 1.29 is 14.3 Å². The number of nitrogens with zero attached hydrogens (tertiary/aromatic N) is 2. The topological polar surface area (TPSA) is 61.2 Å². The number of esters is 1. The summed E-state index contributed by atoms with van der Waals surface area (Å²) in [5.41, 5.74) is 1.08. The van der Waals surface area contributed by atoms with Crippen LogP contribution in [0.15, 0.2) is 6.20 Å². The van der Waals surface area contributed by atoms with Crippen LogP contribution in [0, 0.1) is 0 Å². The van der Waals surface area contributed by atoms with E-state index in [4.69, 9.17) is 0 Å². The first kappa shape index (κ1) is 8.93. The molecular weight excluding hydrogens is 184 g/mol. The number of methoxy groups -OCH3 is 1. The molecule has 0 bridgehead atoms. The lowest BCUT2D eigenvalue weighted by Crippen LogP contribution is -2.21. The van der Waals surface area contributed by atoms with Gasteiger partial charge in [-0.2, -0.15) is 5.10 Å². The molecule has 0 atom stereocenters. The van der Waals surface area contributed by atoms with E-state index in [9.17, 15) is 9.59 Å². The molecule has 0 N–H and O–H groups in total. The minimum atomic E-state index is -0.430. The average Bonchev–Trinajstić information content (AvgIpc) is 2.59. The van der Waals surface area contributed by atoms with Gasteiger partial charge in [0.1, 0.15) is 11.3 Å². The van der Waals surface area contributed by atoms with Gasteiger partial charge in [0.05, 0.1) is 19.0 Å². The number of ether oxygens (including phenoxy) is 1. The van der Waals surface area contributed by atoms with E-state index in [2.05, 4.69) is 9.84 Å². The number of hydrogen-bond acceptors (Lipinski definition) is 4. The monoisotopic (exact) mass is 194 g/mol. The van der Waals surface area contributed by atoms with E-state index in [0.29, 0.717) is 24.2 Å². The van der Waals surface area contributed by atoms with E-state index in [-0.39, 0.29) is 12.2 Å². The second-order valence-electron chi connectivity index (χ2n) is 3.19. The summed E-state index contributed by atoms with van der Waals surface area (Å²) in [6.45, 7) is 0.561. The van der Waals surface area contributed by atoms with E-state index in [0.717, 1.165) is 0 Å². The lowest BCUT2D eigenvalue weighted by molar-refractivity contribution is -0.119.